The molecule has 1 aromatic heterocycles. The van der Waals surface area contributed by atoms with Crippen molar-refractivity contribution in [1.29, 1.82) is 0 Å². The molecule has 1 aliphatic heterocycles. The van der Waals surface area contributed by atoms with Crippen LogP contribution in [0.5, 0.6) is 0 Å². The summed E-state index contributed by atoms with van der Waals surface area (Å²) in [7, 11) is 0. The van der Waals surface area contributed by atoms with Crippen molar-refractivity contribution in [2.75, 3.05) is 13.2 Å². The van der Waals surface area contributed by atoms with Gasteiger partial charge in [0.05, 0.1) is 19.3 Å². The van der Waals surface area contributed by atoms with Gasteiger partial charge in [0.25, 0.3) is 0 Å². The zero-order valence-electron chi connectivity index (χ0n) is 7.75. The van der Waals surface area contributed by atoms with E-state index in [9.17, 15) is 0 Å². The zero-order valence-corrected chi connectivity index (χ0v) is 7.75. The van der Waals surface area contributed by atoms with Gasteiger partial charge >= 0.3 is 0 Å². The van der Waals surface area contributed by atoms with Crippen molar-refractivity contribution < 1.29 is 9.15 Å². The van der Waals surface area contributed by atoms with Gasteiger partial charge in [0.2, 0.25) is 0 Å². The fourth-order valence-electron chi connectivity index (χ4n) is 1.44. The molecule has 1 atom stereocenters. The molecule has 4 heteroatoms. The normalized spacial score (nSPS) is 28.1. The van der Waals surface area contributed by atoms with E-state index in [1.54, 1.807) is 6.20 Å². The van der Waals surface area contributed by atoms with Crippen LogP contribution in [0.2, 0.25) is 0 Å². The standard InChI is InChI=1S/C9H14N2O2/c1-9(2-3-12-6-9)11-5-8-4-10-7-13-8/h4,7,11H,2-3,5-6H2,1H3. The lowest BCUT2D eigenvalue weighted by atomic mass is 10.0. The van der Waals surface area contributed by atoms with Crippen LogP contribution >= 0.6 is 0 Å². The molecule has 1 aromatic rings. The van der Waals surface area contributed by atoms with Gasteiger partial charge < -0.3 is 14.5 Å². The smallest absolute Gasteiger partial charge is 0.180 e. The van der Waals surface area contributed by atoms with Gasteiger partial charge in [0.15, 0.2) is 6.39 Å². The van der Waals surface area contributed by atoms with Crippen LogP contribution < -0.4 is 5.32 Å². The number of nitrogens with one attached hydrogen (secondary N) is 1. The van der Waals surface area contributed by atoms with Crippen molar-refractivity contribution in [3.63, 3.8) is 0 Å². The molecular weight excluding hydrogens is 168 g/mol. The number of ether oxygens (including phenoxy) is 1. The Morgan fingerprint density at radius 3 is 3.23 bits per heavy atom. The Bertz CT molecular complexity index is 253. The summed E-state index contributed by atoms with van der Waals surface area (Å²) in [6.07, 6.45) is 4.23. The van der Waals surface area contributed by atoms with Crippen LogP contribution in [0, 0.1) is 0 Å². The maximum Gasteiger partial charge on any atom is 0.180 e. The lowest BCUT2D eigenvalue weighted by molar-refractivity contribution is 0.170. The van der Waals surface area contributed by atoms with E-state index < -0.39 is 0 Å². The van der Waals surface area contributed by atoms with Crippen LogP contribution in [0.15, 0.2) is 17.0 Å². The maximum atomic E-state index is 5.32. The first-order chi connectivity index (χ1) is 6.29. The Morgan fingerprint density at radius 2 is 2.62 bits per heavy atom. The molecule has 0 saturated carbocycles. The summed E-state index contributed by atoms with van der Waals surface area (Å²) in [6.45, 7) is 4.51. The van der Waals surface area contributed by atoms with Gasteiger partial charge in [-0.3, -0.25) is 0 Å². The highest BCUT2D eigenvalue weighted by molar-refractivity contribution is 4.93. The highest BCUT2D eigenvalue weighted by Crippen LogP contribution is 2.17. The number of nitrogens with zero attached hydrogens (tertiary/aromatic N) is 1. The van der Waals surface area contributed by atoms with E-state index in [2.05, 4.69) is 17.2 Å². The molecule has 0 aliphatic carbocycles. The quantitative estimate of drug-likeness (QED) is 0.755. The summed E-state index contributed by atoms with van der Waals surface area (Å²) in [5.41, 5.74) is 0.104. The highest BCUT2D eigenvalue weighted by Gasteiger charge is 2.28. The Balaban J connectivity index is 1.85. The third-order valence-electron chi connectivity index (χ3n) is 2.39. The number of oxazole rings is 1. The molecule has 0 aromatic carbocycles. The van der Waals surface area contributed by atoms with Crippen molar-refractivity contribution in [3.8, 4) is 0 Å². The second-order valence-corrected chi connectivity index (χ2v) is 3.68. The first-order valence-corrected chi connectivity index (χ1v) is 4.49. The molecule has 1 N–H and O–H groups in total. The van der Waals surface area contributed by atoms with Crippen molar-refractivity contribution in [3.05, 3.63) is 18.4 Å². The predicted octanol–water partition coefficient (Wildman–Crippen LogP) is 0.943. The topological polar surface area (TPSA) is 47.3 Å². The Hall–Kier alpha value is -0.870. The van der Waals surface area contributed by atoms with Crippen LogP contribution in [-0.4, -0.2) is 23.7 Å². The summed E-state index contributed by atoms with van der Waals surface area (Å²) in [5, 5.41) is 3.40. The fourth-order valence-corrected chi connectivity index (χ4v) is 1.44. The molecule has 0 amide bonds. The van der Waals surface area contributed by atoms with E-state index in [1.807, 2.05) is 0 Å². The Labute approximate surface area is 77.3 Å². The number of hydrogen-bond donors (Lipinski definition) is 1. The molecule has 2 rings (SSSR count). The van der Waals surface area contributed by atoms with Crippen molar-refractivity contribution in [1.82, 2.24) is 10.3 Å². The molecule has 2 heterocycles. The van der Waals surface area contributed by atoms with Gasteiger partial charge in [-0.15, -0.1) is 0 Å². The zero-order chi connectivity index (χ0) is 9.15. The van der Waals surface area contributed by atoms with Crippen LogP contribution in [0.25, 0.3) is 0 Å². The van der Waals surface area contributed by atoms with Crippen LogP contribution in [-0.2, 0) is 11.3 Å². The molecule has 1 saturated heterocycles. The summed E-state index contributed by atoms with van der Waals surface area (Å²) in [6, 6.07) is 0. The number of rotatable bonds is 3. The van der Waals surface area contributed by atoms with Gasteiger partial charge in [0, 0.05) is 12.1 Å². The summed E-state index contributed by atoms with van der Waals surface area (Å²) < 4.78 is 10.4. The lowest BCUT2D eigenvalue weighted by Gasteiger charge is -2.22. The maximum absolute atomic E-state index is 5.32. The molecule has 0 spiro atoms. The van der Waals surface area contributed by atoms with Crippen molar-refractivity contribution in [2.45, 2.75) is 25.4 Å². The van der Waals surface area contributed by atoms with E-state index in [4.69, 9.17) is 9.15 Å². The predicted molar refractivity (Wildman–Crippen MR) is 47.2 cm³/mol. The summed E-state index contributed by atoms with van der Waals surface area (Å²) in [5.74, 6) is 0.869. The first kappa shape index (κ1) is 8.72. The van der Waals surface area contributed by atoms with Crippen molar-refractivity contribution in [2.24, 2.45) is 0 Å². The summed E-state index contributed by atoms with van der Waals surface area (Å²) in [4.78, 5) is 3.85. The number of aromatic nitrogens is 1. The second-order valence-electron chi connectivity index (χ2n) is 3.68. The van der Waals surface area contributed by atoms with Gasteiger partial charge in [-0.05, 0) is 13.3 Å². The van der Waals surface area contributed by atoms with Gasteiger partial charge in [-0.25, -0.2) is 4.98 Å². The molecule has 0 radical (unpaired) electrons. The SMILES string of the molecule is CC1(NCc2cnco2)CCOC1. The molecular formula is C9H14N2O2. The fraction of sp³-hybridized carbons (Fsp3) is 0.667. The van der Waals surface area contributed by atoms with Gasteiger partial charge in [-0.2, -0.15) is 0 Å². The minimum absolute atomic E-state index is 0.104. The Morgan fingerprint density at radius 1 is 1.69 bits per heavy atom. The molecule has 1 fully saturated rings. The molecule has 13 heavy (non-hydrogen) atoms. The van der Waals surface area contributed by atoms with Crippen LogP contribution in [0.1, 0.15) is 19.1 Å². The van der Waals surface area contributed by atoms with Crippen LogP contribution in [0.4, 0.5) is 0 Å². The average molecular weight is 182 g/mol. The van der Waals surface area contributed by atoms with E-state index in [0.29, 0.717) is 0 Å². The second kappa shape index (κ2) is 3.47. The third-order valence-corrected chi connectivity index (χ3v) is 2.39. The monoisotopic (exact) mass is 182 g/mol. The Kier molecular flexibility index (Phi) is 2.33. The lowest BCUT2D eigenvalue weighted by Crippen LogP contribution is -2.42. The van der Waals surface area contributed by atoms with E-state index >= 15 is 0 Å². The first-order valence-electron chi connectivity index (χ1n) is 4.49. The average Bonchev–Trinajstić information content (AvgIpc) is 2.72. The van der Waals surface area contributed by atoms with Crippen molar-refractivity contribution >= 4 is 0 Å². The molecule has 4 nitrogen and oxygen atoms in total. The summed E-state index contributed by atoms with van der Waals surface area (Å²) >= 11 is 0. The van der Waals surface area contributed by atoms with E-state index in [0.717, 1.165) is 31.9 Å². The van der Waals surface area contributed by atoms with Gasteiger partial charge in [0.1, 0.15) is 5.76 Å². The minimum Gasteiger partial charge on any atom is -0.447 e. The minimum atomic E-state index is 0.104. The molecule has 1 aliphatic rings. The van der Waals surface area contributed by atoms with E-state index in [1.165, 1.54) is 6.39 Å². The highest BCUT2D eigenvalue weighted by atomic mass is 16.5. The largest absolute Gasteiger partial charge is 0.447 e. The molecule has 0 bridgehead atoms. The molecule has 72 valence electrons. The third kappa shape index (κ3) is 2.08. The molecule has 1 unspecified atom stereocenters. The van der Waals surface area contributed by atoms with Gasteiger partial charge in [-0.1, -0.05) is 0 Å². The van der Waals surface area contributed by atoms with E-state index in [-0.39, 0.29) is 5.54 Å². The number of hydrogen-bond acceptors (Lipinski definition) is 4. The van der Waals surface area contributed by atoms with Crippen LogP contribution in [0.3, 0.4) is 0 Å².